The van der Waals surface area contributed by atoms with Crippen molar-refractivity contribution < 1.29 is 23.9 Å². The van der Waals surface area contributed by atoms with E-state index in [-0.39, 0.29) is 18.7 Å². The lowest BCUT2D eigenvalue weighted by atomic mass is 9.92. The lowest BCUT2D eigenvalue weighted by Gasteiger charge is -2.43. The molecule has 0 fully saturated rings. The van der Waals surface area contributed by atoms with Crippen LogP contribution in [0.4, 0.5) is 4.79 Å². The molecular formula is C28H46N4O5. The highest BCUT2D eigenvalue weighted by molar-refractivity contribution is 5.93. The van der Waals surface area contributed by atoms with Crippen molar-refractivity contribution in [3.8, 4) is 0 Å². The van der Waals surface area contributed by atoms with Gasteiger partial charge in [-0.3, -0.25) is 14.4 Å². The number of rotatable bonds is 12. The van der Waals surface area contributed by atoms with Gasteiger partial charge in [0.15, 0.2) is 0 Å². The van der Waals surface area contributed by atoms with E-state index in [0.29, 0.717) is 12.1 Å². The number of hydrogen-bond acceptors (Lipinski definition) is 5. The maximum Gasteiger partial charge on any atom is 0.408 e. The zero-order valence-electron chi connectivity index (χ0n) is 23.8. The average Bonchev–Trinajstić information content (AvgIpc) is 2.75. The fraction of sp³-hybridized carbons (Fsp3) is 0.643. The number of primary amides is 1. The summed E-state index contributed by atoms with van der Waals surface area (Å²) in [5.41, 5.74) is 5.30. The molecule has 4 amide bonds. The number of aryl methyl sites for hydroxylation is 1. The quantitative estimate of drug-likeness (QED) is 0.358. The van der Waals surface area contributed by atoms with Crippen molar-refractivity contribution in [2.45, 2.75) is 111 Å². The maximum absolute atomic E-state index is 14.1. The monoisotopic (exact) mass is 518 g/mol. The number of benzene rings is 1. The standard InChI is InChI=1S/C28H46N4O5/c1-9-10-13-18-30-24(34)23(20-15-12-11-14-19(20)2)32(27(3,4)5)25(35)21(16-17-22(29)33)31-26(36)37-28(6,7)8/h11-12,14-15,21,23H,9-10,13,16-18H2,1-8H3,(H2,29,33)(H,30,34)(H,31,36). The summed E-state index contributed by atoms with van der Waals surface area (Å²) in [4.78, 5) is 53.5. The lowest BCUT2D eigenvalue weighted by molar-refractivity contribution is -0.148. The van der Waals surface area contributed by atoms with Crippen LogP contribution >= 0.6 is 0 Å². The minimum atomic E-state index is -1.12. The second kappa shape index (κ2) is 14.0. The predicted molar refractivity (Wildman–Crippen MR) is 145 cm³/mol. The van der Waals surface area contributed by atoms with Gasteiger partial charge in [0.1, 0.15) is 17.7 Å². The van der Waals surface area contributed by atoms with Crippen LogP contribution in [0.5, 0.6) is 0 Å². The topological polar surface area (TPSA) is 131 Å². The summed E-state index contributed by atoms with van der Waals surface area (Å²) in [5, 5.41) is 5.60. The van der Waals surface area contributed by atoms with Gasteiger partial charge in [-0.2, -0.15) is 0 Å². The van der Waals surface area contributed by atoms with Crippen LogP contribution in [-0.4, -0.2) is 52.4 Å². The molecule has 9 nitrogen and oxygen atoms in total. The van der Waals surface area contributed by atoms with Gasteiger partial charge in [-0.25, -0.2) is 4.79 Å². The van der Waals surface area contributed by atoms with Crippen LogP contribution in [0.25, 0.3) is 0 Å². The molecule has 1 aromatic rings. The van der Waals surface area contributed by atoms with E-state index in [1.807, 2.05) is 52.0 Å². The Balaban J connectivity index is 3.52. The molecule has 208 valence electrons. The number of nitrogens with zero attached hydrogens (tertiary/aromatic N) is 1. The van der Waals surface area contributed by atoms with Gasteiger partial charge in [0, 0.05) is 18.5 Å². The third-order valence-corrected chi connectivity index (χ3v) is 5.70. The molecule has 37 heavy (non-hydrogen) atoms. The molecule has 0 radical (unpaired) electrons. The van der Waals surface area contributed by atoms with E-state index < -0.39 is 41.1 Å². The minimum Gasteiger partial charge on any atom is -0.444 e. The maximum atomic E-state index is 14.1. The van der Waals surface area contributed by atoms with Gasteiger partial charge in [-0.05, 0) is 72.4 Å². The minimum absolute atomic E-state index is 0.0292. The number of nitrogens with two attached hydrogens (primary N) is 1. The molecule has 1 rings (SSSR count). The van der Waals surface area contributed by atoms with Crippen molar-refractivity contribution in [3.63, 3.8) is 0 Å². The van der Waals surface area contributed by atoms with Crippen molar-refractivity contribution in [3.05, 3.63) is 35.4 Å². The average molecular weight is 519 g/mol. The normalized spacial score (nSPS) is 13.3. The first-order chi connectivity index (χ1) is 17.1. The van der Waals surface area contributed by atoms with E-state index in [4.69, 9.17) is 10.5 Å². The Morgan fingerprint density at radius 2 is 1.65 bits per heavy atom. The Morgan fingerprint density at radius 3 is 2.16 bits per heavy atom. The molecule has 2 atom stereocenters. The van der Waals surface area contributed by atoms with Crippen molar-refractivity contribution >= 4 is 23.8 Å². The van der Waals surface area contributed by atoms with Crippen molar-refractivity contribution in [2.75, 3.05) is 6.54 Å². The van der Waals surface area contributed by atoms with Crippen LogP contribution in [0.1, 0.15) is 97.7 Å². The Labute approximate surface area is 221 Å². The van der Waals surface area contributed by atoms with Crippen molar-refractivity contribution in [1.29, 1.82) is 0 Å². The van der Waals surface area contributed by atoms with Crippen LogP contribution in [0.2, 0.25) is 0 Å². The summed E-state index contributed by atoms with van der Waals surface area (Å²) in [6.07, 6.45) is 1.88. The van der Waals surface area contributed by atoms with Gasteiger partial charge < -0.3 is 26.0 Å². The zero-order valence-corrected chi connectivity index (χ0v) is 23.8. The molecule has 0 saturated heterocycles. The Hall–Kier alpha value is -3.10. The smallest absolute Gasteiger partial charge is 0.408 e. The van der Waals surface area contributed by atoms with Gasteiger partial charge in [-0.15, -0.1) is 0 Å². The molecule has 0 aliphatic heterocycles. The first kappa shape index (κ1) is 31.9. The third-order valence-electron chi connectivity index (χ3n) is 5.70. The van der Waals surface area contributed by atoms with Crippen molar-refractivity contribution in [1.82, 2.24) is 15.5 Å². The molecule has 0 aliphatic carbocycles. The Kier molecular flexibility index (Phi) is 12.1. The molecular weight excluding hydrogens is 472 g/mol. The summed E-state index contributed by atoms with van der Waals surface area (Å²) >= 11 is 0. The molecule has 2 unspecified atom stereocenters. The highest BCUT2D eigenvalue weighted by atomic mass is 16.6. The molecule has 0 saturated carbocycles. The van der Waals surface area contributed by atoms with Gasteiger partial charge in [0.05, 0.1) is 0 Å². The first-order valence-corrected chi connectivity index (χ1v) is 13.0. The van der Waals surface area contributed by atoms with E-state index in [9.17, 15) is 19.2 Å². The van der Waals surface area contributed by atoms with Gasteiger partial charge in [0.25, 0.3) is 0 Å². The number of unbranched alkanes of at least 4 members (excludes halogenated alkanes) is 2. The van der Waals surface area contributed by atoms with E-state index in [2.05, 4.69) is 17.6 Å². The van der Waals surface area contributed by atoms with E-state index in [1.54, 1.807) is 20.8 Å². The van der Waals surface area contributed by atoms with Crippen LogP contribution in [0.15, 0.2) is 24.3 Å². The highest BCUT2D eigenvalue weighted by Crippen LogP contribution is 2.32. The Bertz CT molecular complexity index is 933. The van der Waals surface area contributed by atoms with E-state index in [0.717, 1.165) is 24.8 Å². The summed E-state index contributed by atoms with van der Waals surface area (Å²) < 4.78 is 5.36. The second-order valence-electron chi connectivity index (χ2n) is 11.3. The summed E-state index contributed by atoms with van der Waals surface area (Å²) in [6.45, 7) is 15.1. The third kappa shape index (κ3) is 10.8. The van der Waals surface area contributed by atoms with E-state index in [1.165, 1.54) is 4.90 Å². The number of nitrogens with one attached hydrogen (secondary N) is 2. The molecule has 0 spiro atoms. The number of amides is 4. The van der Waals surface area contributed by atoms with E-state index >= 15 is 0 Å². The molecule has 0 heterocycles. The molecule has 1 aromatic carbocycles. The SMILES string of the molecule is CCCCCNC(=O)C(c1ccccc1C)N(C(=O)C(CCC(N)=O)NC(=O)OC(C)(C)C)C(C)(C)C. The number of ether oxygens (including phenoxy) is 1. The molecule has 0 aromatic heterocycles. The molecule has 0 aliphatic rings. The number of hydrogen-bond donors (Lipinski definition) is 3. The van der Waals surface area contributed by atoms with Crippen LogP contribution in [0.3, 0.4) is 0 Å². The Morgan fingerprint density at radius 1 is 1.03 bits per heavy atom. The fourth-order valence-corrected chi connectivity index (χ4v) is 3.98. The van der Waals surface area contributed by atoms with Gasteiger partial charge in [0.2, 0.25) is 17.7 Å². The number of alkyl carbamates (subject to hydrolysis) is 1. The van der Waals surface area contributed by atoms with Gasteiger partial charge in [-0.1, -0.05) is 44.0 Å². The molecule has 0 bridgehead atoms. The van der Waals surface area contributed by atoms with Crippen LogP contribution in [-0.2, 0) is 19.1 Å². The summed E-state index contributed by atoms with van der Waals surface area (Å²) in [5.74, 6) is -1.41. The van der Waals surface area contributed by atoms with Crippen LogP contribution < -0.4 is 16.4 Å². The zero-order chi connectivity index (χ0) is 28.4. The second-order valence-corrected chi connectivity index (χ2v) is 11.3. The van der Waals surface area contributed by atoms with Crippen LogP contribution in [0, 0.1) is 6.92 Å². The summed E-state index contributed by atoms with van der Waals surface area (Å²) in [7, 11) is 0. The number of carbonyl (C=O) groups is 4. The molecule has 9 heteroatoms. The highest BCUT2D eigenvalue weighted by Gasteiger charge is 2.42. The lowest BCUT2D eigenvalue weighted by Crippen LogP contribution is -2.58. The fourth-order valence-electron chi connectivity index (χ4n) is 3.98. The van der Waals surface area contributed by atoms with Gasteiger partial charge >= 0.3 is 6.09 Å². The summed E-state index contributed by atoms with van der Waals surface area (Å²) in [6, 6.07) is 5.35. The number of carbonyl (C=O) groups excluding carboxylic acids is 4. The molecule has 4 N–H and O–H groups in total. The first-order valence-electron chi connectivity index (χ1n) is 13.0. The van der Waals surface area contributed by atoms with Crippen molar-refractivity contribution in [2.24, 2.45) is 5.73 Å². The predicted octanol–water partition coefficient (Wildman–Crippen LogP) is 4.13. The largest absolute Gasteiger partial charge is 0.444 e.